The summed E-state index contributed by atoms with van der Waals surface area (Å²) in [6, 6.07) is 10.3. The van der Waals surface area contributed by atoms with E-state index in [1.807, 2.05) is 18.2 Å². The minimum Gasteiger partial charge on any atom is -0.368 e. The first kappa shape index (κ1) is 17.1. The fraction of sp³-hybridized carbons (Fsp3) is 0.400. The number of anilines is 1. The predicted octanol–water partition coefficient (Wildman–Crippen LogP) is 3.42. The van der Waals surface area contributed by atoms with Crippen molar-refractivity contribution in [1.29, 1.82) is 0 Å². The van der Waals surface area contributed by atoms with Gasteiger partial charge in [-0.15, -0.1) is 0 Å². The van der Waals surface area contributed by atoms with Gasteiger partial charge >= 0.3 is 0 Å². The molecule has 120 valence electrons. The molecule has 2 rings (SSSR count). The molecule has 0 fully saturated rings. The lowest BCUT2D eigenvalue weighted by Gasteiger charge is -2.17. The van der Waals surface area contributed by atoms with Crippen LogP contribution in [0.15, 0.2) is 30.3 Å². The van der Waals surface area contributed by atoms with Crippen LogP contribution < -0.4 is 16.4 Å². The first-order valence-corrected chi connectivity index (χ1v) is 8.44. The zero-order chi connectivity index (χ0) is 15.8. The van der Waals surface area contributed by atoms with Crippen molar-refractivity contribution in [3.63, 3.8) is 0 Å². The highest BCUT2D eigenvalue weighted by Gasteiger charge is 2.09. The Hall–Kier alpha value is -1.21. The number of benzene rings is 1. The van der Waals surface area contributed by atoms with Crippen LogP contribution in [0.3, 0.4) is 0 Å². The number of thiazole rings is 1. The topological polar surface area (TPSA) is 63.0 Å². The molecule has 2 aromatic rings. The molecule has 0 saturated heterocycles. The summed E-state index contributed by atoms with van der Waals surface area (Å²) in [7, 11) is 0. The molecule has 7 heteroatoms. The number of nitrogens with one attached hydrogen (secondary N) is 2. The zero-order valence-electron chi connectivity index (χ0n) is 12.2. The Balaban J connectivity index is 1.63. The Bertz CT molecular complexity index is 564. The van der Waals surface area contributed by atoms with Gasteiger partial charge < -0.3 is 16.4 Å². The van der Waals surface area contributed by atoms with E-state index in [-0.39, 0.29) is 6.04 Å². The second kappa shape index (κ2) is 9.05. The average molecular weight is 343 g/mol. The highest BCUT2D eigenvalue weighted by atomic mass is 35.5. The minimum absolute atomic E-state index is 0.177. The molecule has 1 atom stereocenters. The highest BCUT2D eigenvalue weighted by Crippen LogP contribution is 2.27. The van der Waals surface area contributed by atoms with Crippen LogP contribution in [0.2, 0.25) is 4.34 Å². The monoisotopic (exact) mass is 342 g/mol. The van der Waals surface area contributed by atoms with E-state index in [2.05, 4.69) is 27.8 Å². The van der Waals surface area contributed by atoms with Crippen molar-refractivity contribution in [2.24, 2.45) is 5.73 Å². The van der Waals surface area contributed by atoms with Gasteiger partial charge in [0, 0.05) is 19.1 Å². The normalized spacial score (nSPS) is 12.3. The van der Waals surface area contributed by atoms with E-state index in [0.717, 1.165) is 30.7 Å². The van der Waals surface area contributed by atoms with Gasteiger partial charge in [-0.3, -0.25) is 0 Å². The van der Waals surface area contributed by atoms with E-state index in [1.165, 1.54) is 5.56 Å². The standard InChI is InChI=1S/C15H20ClFN4S/c16-13-14(21-15(17)22-13)20-9-5-4-8-19-12(10-18)11-6-2-1-3-7-11/h1-3,6-7,12,19-20H,4-5,8-10,18H2. The maximum atomic E-state index is 12.9. The van der Waals surface area contributed by atoms with E-state index < -0.39 is 5.26 Å². The number of hydrogen-bond acceptors (Lipinski definition) is 5. The van der Waals surface area contributed by atoms with Gasteiger partial charge in [-0.1, -0.05) is 53.3 Å². The van der Waals surface area contributed by atoms with Gasteiger partial charge in [0.2, 0.25) is 0 Å². The summed E-state index contributed by atoms with van der Waals surface area (Å²) in [5, 5.41) is 5.98. The SMILES string of the molecule is NCC(NCCCCNc1nc(F)sc1Cl)c1ccccc1. The van der Waals surface area contributed by atoms with Crippen LogP contribution >= 0.6 is 22.9 Å². The quantitative estimate of drug-likeness (QED) is 0.611. The number of rotatable bonds is 9. The van der Waals surface area contributed by atoms with Crippen LogP contribution in [-0.4, -0.2) is 24.6 Å². The van der Waals surface area contributed by atoms with Gasteiger partial charge in [0.1, 0.15) is 4.34 Å². The van der Waals surface area contributed by atoms with Crippen LogP contribution in [-0.2, 0) is 0 Å². The third-order valence-electron chi connectivity index (χ3n) is 3.28. The van der Waals surface area contributed by atoms with Gasteiger partial charge in [0.25, 0.3) is 5.26 Å². The molecular weight excluding hydrogens is 323 g/mol. The largest absolute Gasteiger partial charge is 0.368 e. The first-order valence-electron chi connectivity index (χ1n) is 7.25. The molecule has 0 aliphatic heterocycles. The van der Waals surface area contributed by atoms with E-state index in [9.17, 15) is 4.39 Å². The molecule has 1 aromatic heterocycles. The van der Waals surface area contributed by atoms with Gasteiger partial charge in [-0.25, -0.2) is 0 Å². The number of halogens is 2. The molecule has 22 heavy (non-hydrogen) atoms. The number of hydrogen-bond donors (Lipinski definition) is 3. The second-order valence-electron chi connectivity index (χ2n) is 4.88. The summed E-state index contributed by atoms with van der Waals surface area (Å²) in [4.78, 5) is 3.69. The summed E-state index contributed by atoms with van der Waals surface area (Å²) in [5.41, 5.74) is 7.01. The molecule has 0 saturated carbocycles. The van der Waals surface area contributed by atoms with E-state index in [0.29, 0.717) is 23.2 Å². The lowest BCUT2D eigenvalue weighted by Crippen LogP contribution is -2.29. The van der Waals surface area contributed by atoms with Crippen molar-refractivity contribution in [3.8, 4) is 0 Å². The maximum absolute atomic E-state index is 12.9. The van der Waals surface area contributed by atoms with Crippen molar-refractivity contribution in [1.82, 2.24) is 10.3 Å². The molecule has 1 heterocycles. The second-order valence-corrected chi connectivity index (χ2v) is 6.43. The van der Waals surface area contributed by atoms with E-state index >= 15 is 0 Å². The predicted molar refractivity (Wildman–Crippen MR) is 91.0 cm³/mol. The molecule has 0 spiro atoms. The minimum atomic E-state index is -0.511. The highest BCUT2D eigenvalue weighted by molar-refractivity contribution is 7.15. The third kappa shape index (κ3) is 5.21. The van der Waals surface area contributed by atoms with Crippen LogP contribution in [0.5, 0.6) is 0 Å². The van der Waals surface area contributed by atoms with Crippen LogP contribution in [0.1, 0.15) is 24.4 Å². The van der Waals surface area contributed by atoms with Crippen LogP contribution in [0.4, 0.5) is 10.2 Å². The Morgan fingerprint density at radius 2 is 1.95 bits per heavy atom. The van der Waals surface area contributed by atoms with Gasteiger partial charge in [0.05, 0.1) is 0 Å². The van der Waals surface area contributed by atoms with Crippen LogP contribution in [0, 0.1) is 5.26 Å². The lowest BCUT2D eigenvalue weighted by molar-refractivity contribution is 0.525. The molecule has 0 amide bonds. The smallest absolute Gasteiger partial charge is 0.272 e. The summed E-state index contributed by atoms with van der Waals surface area (Å²) in [6.45, 7) is 2.15. The van der Waals surface area contributed by atoms with Crippen molar-refractivity contribution >= 4 is 28.8 Å². The Morgan fingerprint density at radius 3 is 2.59 bits per heavy atom. The summed E-state index contributed by atoms with van der Waals surface area (Å²) in [6.07, 6.45) is 1.93. The Morgan fingerprint density at radius 1 is 1.23 bits per heavy atom. The molecule has 0 radical (unpaired) electrons. The van der Waals surface area contributed by atoms with Crippen molar-refractivity contribution in [2.75, 3.05) is 25.0 Å². The fourth-order valence-electron chi connectivity index (χ4n) is 2.14. The summed E-state index contributed by atoms with van der Waals surface area (Å²) >= 11 is 6.68. The molecule has 4 N–H and O–H groups in total. The van der Waals surface area contributed by atoms with Gasteiger partial charge in [-0.05, 0) is 24.9 Å². The van der Waals surface area contributed by atoms with E-state index in [1.54, 1.807) is 0 Å². The first-order chi connectivity index (χ1) is 10.7. The summed E-state index contributed by atoms with van der Waals surface area (Å²) < 4.78 is 13.2. The van der Waals surface area contributed by atoms with Gasteiger partial charge in [-0.2, -0.15) is 9.37 Å². The Kier molecular flexibility index (Phi) is 7.05. The maximum Gasteiger partial charge on any atom is 0.272 e. The van der Waals surface area contributed by atoms with Crippen LogP contribution in [0.25, 0.3) is 0 Å². The van der Waals surface area contributed by atoms with Crippen molar-refractivity contribution < 1.29 is 4.39 Å². The molecule has 0 bridgehead atoms. The lowest BCUT2D eigenvalue weighted by atomic mass is 10.1. The van der Waals surface area contributed by atoms with Crippen molar-refractivity contribution in [3.05, 3.63) is 45.5 Å². The molecule has 4 nitrogen and oxygen atoms in total. The third-order valence-corrected chi connectivity index (χ3v) is 4.33. The average Bonchev–Trinajstić information content (AvgIpc) is 2.85. The van der Waals surface area contributed by atoms with Crippen molar-refractivity contribution in [2.45, 2.75) is 18.9 Å². The molecule has 1 unspecified atom stereocenters. The van der Waals surface area contributed by atoms with Gasteiger partial charge in [0.15, 0.2) is 5.82 Å². The fourth-order valence-corrected chi connectivity index (χ4v) is 2.94. The zero-order valence-corrected chi connectivity index (χ0v) is 13.8. The molecule has 0 aliphatic rings. The molecule has 0 aliphatic carbocycles. The molecule has 1 aromatic carbocycles. The number of aromatic nitrogens is 1. The summed E-state index contributed by atoms with van der Waals surface area (Å²) in [5.74, 6) is 0.432. The number of nitrogens with two attached hydrogens (primary N) is 1. The Labute approximate surface area is 138 Å². The number of nitrogens with zero attached hydrogens (tertiary/aromatic N) is 1. The molecular formula is C15H20ClFN4S. The van der Waals surface area contributed by atoms with E-state index in [4.69, 9.17) is 17.3 Å². The number of unbranched alkanes of at least 4 members (excludes halogenated alkanes) is 1.